The van der Waals surface area contributed by atoms with Crippen molar-refractivity contribution in [2.24, 2.45) is 0 Å². The molecule has 0 atom stereocenters. The first-order valence-electron chi connectivity index (χ1n) is 8.46. The van der Waals surface area contributed by atoms with Gasteiger partial charge in [-0.3, -0.25) is 0 Å². The van der Waals surface area contributed by atoms with E-state index in [1.54, 1.807) is 0 Å². The fraction of sp³-hybridized carbons (Fsp3) is 0. The van der Waals surface area contributed by atoms with Crippen molar-refractivity contribution in [2.45, 2.75) is 0 Å². The first-order valence-corrected chi connectivity index (χ1v) is 8.46. The number of carbonyl (C=O) groups excluding carboxylic acids is 1. The van der Waals surface area contributed by atoms with Gasteiger partial charge < -0.3 is 9.84 Å². The summed E-state index contributed by atoms with van der Waals surface area (Å²) in [6, 6.07) is 27.3. The highest BCUT2D eigenvalue weighted by Gasteiger charge is 2.16. The summed E-state index contributed by atoms with van der Waals surface area (Å²) in [6.45, 7) is 0. The number of nitrogens with zero attached hydrogens (tertiary/aromatic N) is 1. The number of hydrogen-bond acceptors (Lipinski definition) is 3. The van der Waals surface area contributed by atoms with Crippen LogP contribution in [0.1, 0.15) is 0 Å². The van der Waals surface area contributed by atoms with Crippen LogP contribution in [0.5, 0.6) is 0 Å². The second-order valence-electron chi connectivity index (χ2n) is 5.97. The highest BCUT2D eigenvalue weighted by atomic mass is 16.5. The molecule has 5 heteroatoms. The molecule has 3 aromatic carbocycles. The van der Waals surface area contributed by atoms with Crippen LogP contribution in [-0.2, 0) is 0 Å². The lowest BCUT2D eigenvalue weighted by Crippen LogP contribution is -2.19. The molecule has 4 rings (SSSR count). The van der Waals surface area contributed by atoms with Crippen molar-refractivity contribution in [2.75, 3.05) is 5.32 Å². The Kier molecular flexibility index (Phi) is 4.41. The number of benzene rings is 3. The summed E-state index contributed by atoms with van der Waals surface area (Å²) in [6.07, 6.45) is 0. The normalized spacial score (nSPS) is 10.5. The number of nitrogens with one attached hydrogen (secondary N) is 1. The highest BCUT2D eigenvalue weighted by Crippen LogP contribution is 2.22. The fourth-order valence-corrected chi connectivity index (χ4v) is 2.85. The molecule has 5 nitrogen and oxygen atoms in total. The predicted octanol–water partition coefficient (Wildman–Crippen LogP) is 4.86. The second-order valence-corrected chi connectivity index (χ2v) is 5.97. The summed E-state index contributed by atoms with van der Waals surface area (Å²) >= 11 is 0. The van der Waals surface area contributed by atoms with Crippen molar-refractivity contribution in [3.8, 4) is 22.4 Å². The summed E-state index contributed by atoms with van der Waals surface area (Å²) in [7, 11) is 0. The molecule has 0 saturated heterocycles. The van der Waals surface area contributed by atoms with Crippen molar-refractivity contribution in [3.05, 3.63) is 101 Å². The SMILES string of the molecule is O=C(Nc1ccc(-c2ccccc2)cc1)n1oc(=O)cc1-c1ccccc1. The maximum absolute atomic E-state index is 12.6. The van der Waals surface area contributed by atoms with E-state index < -0.39 is 11.7 Å². The molecule has 1 aromatic heterocycles. The average molecular weight is 356 g/mol. The number of aromatic nitrogens is 1. The molecular weight excluding hydrogens is 340 g/mol. The van der Waals surface area contributed by atoms with E-state index in [9.17, 15) is 9.59 Å². The molecule has 27 heavy (non-hydrogen) atoms. The van der Waals surface area contributed by atoms with Crippen LogP contribution in [0.25, 0.3) is 22.4 Å². The van der Waals surface area contributed by atoms with Crippen LogP contribution in [0.3, 0.4) is 0 Å². The summed E-state index contributed by atoms with van der Waals surface area (Å²) in [5.41, 5.74) is 3.29. The van der Waals surface area contributed by atoms with Crippen LogP contribution < -0.4 is 10.9 Å². The zero-order valence-electron chi connectivity index (χ0n) is 14.3. The van der Waals surface area contributed by atoms with Crippen LogP contribution >= 0.6 is 0 Å². The lowest BCUT2D eigenvalue weighted by Gasteiger charge is -2.08. The van der Waals surface area contributed by atoms with Crippen LogP contribution in [0.4, 0.5) is 10.5 Å². The molecule has 1 heterocycles. The van der Waals surface area contributed by atoms with Crippen LogP contribution in [0.15, 0.2) is 100 Å². The minimum atomic E-state index is -0.580. The number of anilines is 1. The van der Waals surface area contributed by atoms with Crippen LogP contribution in [-0.4, -0.2) is 10.8 Å². The molecule has 4 aromatic rings. The summed E-state index contributed by atoms with van der Waals surface area (Å²) in [4.78, 5) is 24.3. The molecule has 1 amide bonds. The van der Waals surface area contributed by atoms with Gasteiger partial charge in [0.15, 0.2) is 0 Å². The van der Waals surface area contributed by atoms with Gasteiger partial charge in [-0.05, 0) is 23.3 Å². The average Bonchev–Trinajstić information content (AvgIpc) is 3.12. The quantitative estimate of drug-likeness (QED) is 0.570. The van der Waals surface area contributed by atoms with Crippen LogP contribution in [0.2, 0.25) is 0 Å². The van der Waals surface area contributed by atoms with E-state index in [4.69, 9.17) is 4.52 Å². The molecule has 0 spiro atoms. The van der Waals surface area contributed by atoms with Gasteiger partial charge in [-0.1, -0.05) is 72.8 Å². The van der Waals surface area contributed by atoms with Gasteiger partial charge in [0.05, 0.1) is 6.07 Å². The summed E-state index contributed by atoms with van der Waals surface area (Å²) in [5, 5.41) is 2.75. The number of carbonyl (C=O) groups is 1. The zero-order valence-corrected chi connectivity index (χ0v) is 14.3. The minimum absolute atomic E-state index is 0.402. The lowest BCUT2D eigenvalue weighted by molar-refractivity contribution is 0.220. The standard InChI is InChI=1S/C22H16N2O3/c25-21-15-20(18-9-5-2-6-10-18)24(27-21)22(26)23-19-13-11-17(12-14-19)16-7-3-1-4-8-16/h1-15H,(H,23,26). The van der Waals surface area contributed by atoms with Gasteiger partial charge in [-0.25, -0.2) is 9.59 Å². The van der Waals surface area contributed by atoms with E-state index in [0.717, 1.165) is 21.4 Å². The number of hydrogen-bond donors (Lipinski definition) is 1. The molecule has 132 valence electrons. The highest BCUT2D eigenvalue weighted by molar-refractivity contribution is 5.93. The molecule has 0 aliphatic heterocycles. The van der Waals surface area contributed by atoms with Crippen molar-refractivity contribution < 1.29 is 9.32 Å². The van der Waals surface area contributed by atoms with E-state index in [-0.39, 0.29) is 0 Å². The Bertz CT molecular complexity index is 1110. The third-order valence-corrected chi connectivity index (χ3v) is 4.15. The van der Waals surface area contributed by atoms with Gasteiger partial charge >= 0.3 is 11.7 Å². The maximum Gasteiger partial charge on any atom is 0.359 e. The molecule has 1 N–H and O–H groups in total. The van der Waals surface area contributed by atoms with Gasteiger partial charge in [0.1, 0.15) is 5.69 Å². The molecule has 0 saturated carbocycles. The Labute approximate surface area is 155 Å². The van der Waals surface area contributed by atoms with E-state index in [1.165, 1.54) is 6.07 Å². The summed E-state index contributed by atoms with van der Waals surface area (Å²) in [5.74, 6) is 0. The molecule has 0 fully saturated rings. The largest absolute Gasteiger partial charge is 0.359 e. The first kappa shape index (κ1) is 16.6. The Morgan fingerprint density at radius 3 is 1.93 bits per heavy atom. The molecular formula is C22H16N2O3. The lowest BCUT2D eigenvalue weighted by atomic mass is 10.1. The first-order chi connectivity index (χ1) is 13.2. The summed E-state index contributed by atoms with van der Waals surface area (Å²) < 4.78 is 6.02. The van der Waals surface area contributed by atoms with Crippen LogP contribution in [0, 0.1) is 0 Å². The monoisotopic (exact) mass is 356 g/mol. The van der Waals surface area contributed by atoms with E-state index in [2.05, 4.69) is 5.32 Å². The van der Waals surface area contributed by atoms with Gasteiger partial charge in [0.2, 0.25) is 0 Å². The Morgan fingerprint density at radius 2 is 1.30 bits per heavy atom. The van der Waals surface area contributed by atoms with E-state index >= 15 is 0 Å². The molecule has 0 aliphatic carbocycles. The van der Waals surface area contributed by atoms with Gasteiger partial charge in [-0.2, -0.15) is 0 Å². The van der Waals surface area contributed by atoms with Crippen molar-refractivity contribution in [3.63, 3.8) is 0 Å². The Morgan fingerprint density at radius 1 is 0.741 bits per heavy atom. The van der Waals surface area contributed by atoms with Gasteiger partial charge in [-0.15, -0.1) is 4.74 Å². The number of rotatable bonds is 3. The number of amides is 1. The van der Waals surface area contributed by atoms with E-state index in [0.29, 0.717) is 11.4 Å². The van der Waals surface area contributed by atoms with E-state index in [1.807, 2.05) is 84.9 Å². The molecule has 0 bridgehead atoms. The van der Waals surface area contributed by atoms with Gasteiger partial charge in [0.25, 0.3) is 0 Å². The smallest absolute Gasteiger partial charge is 0.327 e. The van der Waals surface area contributed by atoms with Crippen molar-refractivity contribution in [1.29, 1.82) is 0 Å². The molecule has 0 unspecified atom stereocenters. The molecule has 0 aliphatic rings. The fourth-order valence-electron chi connectivity index (χ4n) is 2.85. The van der Waals surface area contributed by atoms with Crippen molar-refractivity contribution >= 4 is 11.7 Å². The Balaban J connectivity index is 1.58. The topological polar surface area (TPSA) is 64.2 Å². The maximum atomic E-state index is 12.6. The van der Waals surface area contributed by atoms with Gasteiger partial charge in [0, 0.05) is 11.3 Å². The van der Waals surface area contributed by atoms with Crippen molar-refractivity contribution in [1.82, 2.24) is 4.74 Å². The Hall–Kier alpha value is -3.86. The zero-order chi connectivity index (χ0) is 18.6. The molecule has 0 radical (unpaired) electrons. The third-order valence-electron chi connectivity index (χ3n) is 4.15. The third kappa shape index (κ3) is 3.57. The minimum Gasteiger partial charge on any atom is -0.327 e. The second kappa shape index (κ2) is 7.17. The predicted molar refractivity (Wildman–Crippen MR) is 105 cm³/mol.